The van der Waals surface area contributed by atoms with Gasteiger partial charge in [-0.3, -0.25) is 14.4 Å². The van der Waals surface area contributed by atoms with Crippen molar-refractivity contribution in [2.75, 3.05) is 0 Å². The molecule has 0 aromatic carbocycles. The highest BCUT2D eigenvalue weighted by molar-refractivity contribution is 5.98. The van der Waals surface area contributed by atoms with Gasteiger partial charge in [-0.05, 0) is 74.9 Å². The van der Waals surface area contributed by atoms with Crippen molar-refractivity contribution >= 4 is 17.7 Å². The zero-order chi connectivity index (χ0) is 28.1. The van der Waals surface area contributed by atoms with Crippen molar-refractivity contribution in [2.45, 2.75) is 109 Å². The van der Waals surface area contributed by atoms with Crippen LogP contribution >= 0.6 is 0 Å². The smallest absolute Gasteiger partial charge is 0.311 e. The quantitative estimate of drug-likeness (QED) is 0.377. The van der Waals surface area contributed by atoms with E-state index in [2.05, 4.69) is 6.92 Å². The molecule has 0 amide bonds. The Morgan fingerprint density at radius 1 is 1.10 bits per heavy atom. The van der Waals surface area contributed by atoms with Crippen molar-refractivity contribution in [1.82, 2.24) is 0 Å². The second kappa shape index (κ2) is 7.52. The summed E-state index contributed by atoms with van der Waals surface area (Å²) >= 11 is 0. The molecule has 0 aromatic heterocycles. The molecule has 2 spiro atoms. The van der Waals surface area contributed by atoms with Crippen LogP contribution in [0.25, 0.3) is 0 Å². The average Bonchev–Trinajstić information content (AvgIpc) is 3.45. The Morgan fingerprint density at radius 3 is 2.46 bits per heavy atom. The van der Waals surface area contributed by atoms with Crippen LogP contribution < -0.4 is 0 Å². The zero-order valence-electron chi connectivity index (χ0n) is 23.5. The highest BCUT2D eigenvalue weighted by Gasteiger charge is 2.82. The molecular weight excluding hydrogens is 504 g/mol. The van der Waals surface area contributed by atoms with E-state index in [0.29, 0.717) is 6.42 Å². The van der Waals surface area contributed by atoms with Gasteiger partial charge in [0.2, 0.25) is 5.79 Å². The molecule has 9 heteroatoms. The minimum atomic E-state index is -1.58. The minimum Gasteiger partial charge on any atom is -0.455 e. The van der Waals surface area contributed by atoms with Crippen molar-refractivity contribution in [3.63, 3.8) is 0 Å². The summed E-state index contributed by atoms with van der Waals surface area (Å²) in [6, 6.07) is 0. The largest absolute Gasteiger partial charge is 0.455 e. The van der Waals surface area contributed by atoms with E-state index in [4.69, 9.17) is 18.9 Å². The normalized spacial score (nSPS) is 60.5. The molecule has 3 saturated carbocycles. The van der Waals surface area contributed by atoms with Gasteiger partial charge >= 0.3 is 11.9 Å². The number of fused-ring (bicyclic) bond motifs is 6. The lowest BCUT2D eigenvalue weighted by atomic mass is 9.44. The molecule has 2 N–H and O–H groups in total. The van der Waals surface area contributed by atoms with Gasteiger partial charge in [0.1, 0.15) is 17.3 Å². The third-order valence-corrected chi connectivity index (χ3v) is 12.8. The van der Waals surface area contributed by atoms with Gasteiger partial charge in [0.25, 0.3) is 0 Å². The second-order valence-corrected chi connectivity index (χ2v) is 14.2. The highest BCUT2D eigenvalue weighted by Crippen LogP contribution is 2.74. The molecule has 214 valence electrons. The van der Waals surface area contributed by atoms with Gasteiger partial charge in [-0.1, -0.05) is 20.8 Å². The summed E-state index contributed by atoms with van der Waals surface area (Å²) < 4.78 is 24.4. The van der Waals surface area contributed by atoms with E-state index in [9.17, 15) is 24.6 Å². The Morgan fingerprint density at radius 2 is 1.82 bits per heavy atom. The van der Waals surface area contributed by atoms with E-state index < -0.39 is 64.5 Å². The molecule has 3 aliphatic heterocycles. The van der Waals surface area contributed by atoms with Crippen LogP contribution in [0.2, 0.25) is 0 Å². The number of ether oxygens (including phenoxy) is 4. The van der Waals surface area contributed by atoms with Crippen LogP contribution in [-0.4, -0.2) is 69.3 Å². The lowest BCUT2D eigenvalue weighted by molar-refractivity contribution is -0.368. The van der Waals surface area contributed by atoms with Crippen molar-refractivity contribution in [1.29, 1.82) is 0 Å². The maximum atomic E-state index is 13.7. The van der Waals surface area contributed by atoms with Crippen LogP contribution in [0, 0.1) is 46.3 Å². The van der Waals surface area contributed by atoms with Gasteiger partial charge in [-0.2, -0.15) is 0 Å². The van der Waals surface area contributed by atoms with Gasteiger partial charge in [0, 0.05) is 18.8 Å². The van der Waals surface area contributed by atoms with Gasteiger partial charge in [0.15, 0.2) is 11.9 Å². The highest BCUT2D eigenvalue weighted by atomic mass is 16.7. The third kappa shape index (κ3) is 2.79. The molecule has 6 fully saturated rings. The van der Waals surface area contributed by atoms with Crippen LogP contribution in [0.15, 0.2) is 12.2 Å². The van der Waals surface area contributed by atoms with Crippen LogP contribution in [-0.2, 0) is 33.3 Å². The Balaban J connectivity index is 1.26. The van der Waals surface area contributed by atoms with E-state index in [1.54, 1.807) is 26.0 Å². The summed E-state index contributed by atoms with van der Waals surface area (Å²) in [5.74, 6) is -3.39. The molecule has 0 radical (unpaired) electrons. The summed E-state index contributed by atoms with van der Waals surface area (Å²) in [6.45, 7) is 10.8. The van der Waals surface area contributed by atoms with E-state index in [0.717, 1.165) is 19.3 Å². The SMILES string of the molecule is CC(=O)O[C@H]1C=CC(=O)[C@]2(C)[C@H]3CC[C@@]4(C)[C@H](C[C@@H]5O[C@]6(OC(=O)[C@H](C)[C@H]6C)[C@@H](O)[C@](C)(O)[C@@H]54)[C@H]3C[C@H]3O[C@]132. The van der Waals surface area contributed by atoms with Gasteiger partial charge in [0.05, 0.1) is 23.5 Å². The Labute approximate surface area is 228 Å². The van der Waals surface area contributed by atoms with Crippen LogP contribution in [0.5, 0.6) is 0 Å². The van der Waals surface area contributed by atoms with Crippen molar-refractivity contribution in [3.8, 4) is 0 Å². The number of carbonyl (C=O) groups excluding carboxylic acids is 3. The molecule has 0 unspecified atom stereocenters. The predicted octanol–water partition coefficient (Wildman–Crippen LogP) is 2.31. The minimum absolute atomic E-state index is 0.0112. The molecule has 15 atom stereocenters. The van der Waals surface area contributed by atoms with Crippen molar-refractivity contribution in [3.05, 3.63) is 12.2 Å². The number of epoxide rings is 1. The molecule has 3 heterocycles. The van der Waals surface area contributed by atoms with Crippen LogP contribution in [0.4, 0.5) is 0 Å². The van der Waals surface area contributed by atoms with Crippen LogP contribution in [0.1, 0.15) is 67.2 Å². The zero-order valence-corrected chi connectivity index (χ0v) is 23.5. The van der Waals surface area contributed by atoms with Crippen molar-refractivity contribution < 1.29 is 43.5 Å². The monoisotopic (exact) mass is 544 g/mol. The lowest BCUT2D eigenvalue weighted by Crippen LogP contribution is -2.71. The summed E-state index contributed by atoms with van der Waals surface area (Å²) in [5, 5.41) is 23.6. The molecule has 3 saturated heterocycles. The summed E-state index contributed by atoms with van der Waals surface area (Å²) in [5.41, 5.74) is -3.57. The number of esters is 2. The van der Waals surface area contributed by atoms with Gasteiger partial charge in [-0.25, -0.2) is 0 Å². The number of hydrogen-bond acceptors (Lipinski definition) is 9. The topological polar surface area (TPSA) is 132 Å². The second-order valence-electron chi connectivity index (χ2n) is 14.2. The standard InChI is InChI=1S/C30H40O9/c1-13-14(2)30(39-24(13)33)25(34)28(6,35)23-19(37-30)12-18-16-11-22-29(38-22)21(36-15(3)31)8-7-20(32)27(29,5)17(16)9-10-26(18,23)4/h7-8,13-14,16-19,21-23,25,34-35H,9-12H2,1-6H3/t13-,14-,16+,17+,18-,19+,21+,22-,23+,25+,26+,27+,28-,29-,30-/m1/s1. The Bertz CT molecular complexity index is 1190. The van der Waals surface area contributed by atoms with Crippen LogP contribution in [0.3, 0.4) is 0 Å². The summed E-state index contributed by atoms with van der Waals surface area (Å²) in [7, 11) is 0. The fraction of sp³-hybridized carbons (Fsp3) is 0.833. The number of hydrogen-bond donors (Lipinski definition) is 2. The molecule has 7 aliphatic rings. The van der Waals surface area contributed by atoms with Gasteiger partial charge < -0.3 is 29.2 Å². The fourth-order valence-corrected chi connectivity index (χ4v) is 10.8. The lowest BCUT2D eigenvalue weighted by Gasteiger charge is -2.60. The predicted molar refractivity (Wildman–Crippen MR) is 135 cm³/mol. The van der Waals surface area contributed by atoms with E-state index in [-0.39, 0.29) is 41.0 Å². The average molecular weight is 545 g/mol. The molecule has 0 aromatic rings. The molecular formula is C30H40O9. The molecule has 9 nitrogen and oxygen atoms in total. The number of carbonyl (C=O) groups is 3. The van der Waals surface area contributed by atoms with E-state index in [1.807, 2.05) is 13.8 Å². The summed E-state index contributed by atoms with van der Waals surface area (Å²) in [6.07, 6.45) is 3.51. The maximum Gasteiger partial charge on any atom is 0.311 e. The molecule has 7 rings (SSSR count). The van der Waals surface area contributed by atoms with E-state index in [1.165, 1.54) is 6.92 Å². The fourth-order valence-electron chi connectivity index (χ4n) is 10.8. The van der Waals surface area contributed by atoms with Crippen molar-refractivity contribution in [2.24, 2.45) is 46.3 Å². The number of rotatable bonds is 1. The maximum absolute atomic E-state index is 13.7. The number of allylic oxidation sites excluding steroid dienone is 1. The first-order valence-corrected chi connectivity index (χ1v) is 14.5. The first-order chi connectivity index (χ1) is 18.2. The number of aliphatic hydroxyl groups excluding tert-OH is 1. The Kier molecular flexibility index (Phi) is 5.04. The first-order valence-electron chi connectivity index (χ1n) is 14.5. The third-order valence-electron chi connectivity index (χ3n) is 12.8. The Hall–Kier alpha value is -1.81. The molecule has 4 aliphatic carbocycles. The number of aliphatic hydroxyl groups is 2. The molecule has 0 bridgehead atoms. The number of ketones is 1. The first kappa shape index (κ1) is 26.1. The molecule has 39 heavy (non-hydrogen) atoms. The van der Waals surface area contributed by atoms with E-state index >= 15 is 0 Å². The summed E-state index contributed by atoms with van der Waals surface area (Å²) in [4.78, 5) is 38.1. The van der Waals surface area contributed by atoms with Gasteiger partial charge in [-0.15, -0.1) is 0 Å².